The molecule has 3 heteroatoms. The first kappa shape index (κ1) is 10.6. The maximum absolute atomic E-state index is 5.54. The van der Waals surface area contributed by atoms with E-state index in [0.29, 0.717) is 5.88 Å². The lowest BCUT2D eigenvalue weighted by Crippen LogP contribution is -2.24. The van der Waals surface area contributed by atoms with E-state index in [2.05, 4.69) is 0 Å². The Morgan fingerprint density at radius 1 is 1.36 bits per heavy atom. The Bertz CT molecular complexity index is 147. The van der Waals surface area contributed by atoms with Crippen LogP contribution in [0.5, 0.6) is 0 Å². The fraction of sp³-hybridized carbons (Fsp3) is 0.750. The third-order valence-electron chi connectivity index (χ3n) is 0.945. The van der Waals surface area contributed by atoms with Gasteiger partial charge < -0.3 is 9.64 Å². The Hall–Kier alpha value is -0.370. The molecule has 0 unspecified atom stereocenters. The second-order valence-electron chi connectivity index (χ2n) is 3.56. The van der Waals surface area contributed by atoms with Crippen molar-refractivity contribution < 1.29 is 4.74 Å². The minimum Gasteiger partial charge on any atom is -0.473 e. The highest BCUT2D eigenvalue weighted by Gasteiger charge is 2.14. The van der Waals surface area contributed by atoms with Crippen LogP contribution < -0.4 is 0 Å². The standard InChI is InChI=1S/C8H16ClNO/c1-8(2,3)11-7(6-9)10(4)5/h6H,1-5H3/b7-6+. The highest BCUT2D eigenvalue weighted by Crippen LogP contribution is 2.15. The van der Waals surface area contributed by atoms with Crippen LogP contribution >= 0.6 is 11.6 Å². The molecule has 0 aliphatic heterocycles. The number of nitrogens with zero attached hydrogens (tertiary/aromatic N) is 1. The molecule has 0 aliphatic carbocycles. The van der Waals surface area contributed by atoms with Crippen LogP contribution in [-0.2, 0) is 4.74 Å². The van der Waals surface area contributed by atoms with Crippen molar-refractivity contribution in [2.24, 2.45) is 0 Å². The molecular formula is C8H16ClNO. The van der Waals surface area contributed by atoms with Crippen LogP contribution in [0.3, 0.4) is 0 Å². The van der Waals surface area contributed by atoms with Crippen molar-refractivity contribution in [2.45, 2.75) is 26.4 Å². The van der Waals surface area contributed by atoms with Crippen LogP contribution in [0.2, 0.25) is 0 Å². The summed E-state index contributed by atoms with van der Waals surface area (Å²) in [7, 11) is 3.78. The first-order valence-electron chi connectivity index (χ1n) is 3.53. The Morgan fingerprint density at radius 3 is 1.91 bits per heavy atom. The van der Waals surface area contributed by atoms with Crippen molar-refractivity contribution in [3.63, 3.8) is 0 Å². The fourth-order valence-corrected chi connectivity index (χ4v) is 0.765. The van der Waals surface area contributed by atoms with Crippen molar-refractivity contribution in [3.8, 4) is 0 Å². The van der Waals surface area contributed by atoms with Gasteiger partial charge in [-0.2, -0.15) is 0 Å². The molecular weight excluding hydrogens is 162 g/mol. The highest BCUT2D eigenvalue weighted by molar-refractivity contribution is 6.25. The van der Waals surface area contributed by atoms with E-state index in [1.807, 2.05) is 39.8 Å². The van der Waals surface area contributed by atoms with E-state index in [1.165, 1.54) is 5.54 Å². The van der Waals surface area contributed by atoms with Gasteiger partial charge in [0.15, 0.2) is 0 Å². The van der Waals surface area contributed by atoms with Gasteiger partial charge in [-0.25, -0.2) is 0 Å². The van der Waals surface area contributed by atoms with Gasteiger partial charge in [0.1, 0.15) is 5.60 Å². The van der Waals surface area contributed by atoms with Crippen LogP contribution in [0.4, 0.5) is 0 Å². The van der Waals surface area contributed by atoms with E-state index >= 15 is 0 Å². The molecule has 0 amide bonds. The number of rotatable bonds is 2. The third kappa shape index (κ3) is 4.96. The lowest BCUT2D eigenvalue weighted by atomic mass is 10.2. The smallest absolute Gasteiger partial charge is 0.200 e. The molecule has 0 aromatic heterocycles. The van der Waals surface area contributed by atoms with Gasteiger partial charge in [-0.05, 0) is 20.8 Å². The zero-order valence-electron chi connectivity index (χ0n) is 7.81. The second-order valence-corrected chi connectivity index (χ2v) is 3.77. The lowest BCUT2D eigenvalue weighted by Gasteiger charge is -2.26. The zero-order chi connectivity index (χ0) is 9.07. The van der Waals surface area contributed by atoms with E-state index in [-0.39, 0.29) is 5.60 Å². The SMILES string of the molecule is CN(C)/C(=C\Cl)OC(C)(C)C. The summed E-state index contributed by atoms with van der Waals surface area (Å²) in [6.07, 6.45) is 0. The van der Waals surface area contributed by atoms with Gasteiger partial charge in [0.2, 0.25) is 5.88 Å². The average molecular weight is 178 g/mol. The van der Waals surface area contributed by atoms with Crippen molar-refractivity contribution in [2.75, 3.05) is 14.1 Å². The van der Waals surface area contributed by atoms with Crippen LogP contribution in [-0.4, -0.2) is 24.6 Å². The third-order valence-corrected chi connectivity index (χ3v) is 1.13. The zero-order valence-corrected chi connectivity index (χ0v) is 8.57. The minimum absolute atomic E-state index is 0.189. The summed E-state index contributed by atoms with van der Waals surface area (Å²) >= 11 is 5.54. The molecule has 0 radical (unpaired) electrons. The van der Waals surface area contributed by atoms with Gasteiger partial charge in [-0.15, -0.1) is 0 Å². The van der Waals surface area contributed by atoms with Gasteiger partial charge >= 0.3 is 0 Å². The van der Waals surface area contributed by atoms with E-state index in [1.54, 1.807) is 0 Å². The quantitative estimate of drug-likeness (QED) is 0.601. The minimum atomic E-state index is -0.189. The molecule has 0 saturated carbocycles. The van der Waals surface area contributed by atoms with Crippen LogP contribution in [0.15, 0.2) is 11.4 Å². The van der Waals surface area contributed by atoms with Crippen LogP contribution in [0.1, 0.15) is 20.8 Å². The molecule has 0 fully saturated rings. The normalized spacial score (nSPS) is 13.1. The molecule has 0 rings (SSSR count). The first-order valence-corrected chi connectivity index (χ1v) is 3.97. The maximum atomic E-state index is 5.54. The van der Waals surface area contributed by atoms with Gasteiger partial charge in [-0.3, -0.25) is 0 Å². The molecule has 0 bridgehead atoms. The Morgan fingerprint density at radius 2 is 1.82 bits per heavy atom. The summed E-state index contributed by atoms with van der Waals surface area (Å²) in [6, 6.07) is 0. The maximum Gasteiger partial charge on any atom is 0.200 e. The monoisotopic (exact) mass is 177 g/mol. The molecule has 0 aromatic rings. The summed E-state index contributed by atoms with van der Waals surface area (Å²) in [6.45, 7) is 5.95. The predicted octanol–water partition coefficient (Wildman–Crippen LogP) is 2.40. The number of ether oxygens (including phenoxy) is 1. The Labute approximate surface area is 73.8 Å². The van der Waals surface area contributed by atoms with Crippen LogP contribution in [0, 0.1) is 0 Å². The van der Waals surface area contributed by atoms with Crippen molar-refractivity contribution in [1.29, 1.82) is 0 Å². The second kappa shape index (κ2) is 3.86. The van der Waals surface area contributed by atoms with Gasteiger partial charge in [0, 0.05) is 14.1 Å². The molecule has 0 aromatic carbocycles. The van der Waals surface area contributed by atoms with Gasteiger partial charge in [0.25, 0.3) is 0 Å². The molecule has 0 atom stereocenters. The topological polar surface area (TPSA) is 12.5 Å². The summed E-state index contributed by atoms with van der Waals surface area (Å²) in [5, 5.41) is 0. The number of hydrogen-bond donors (Lipinski definition) is 0. The molecule has 0 saturated heterocycles. The average Bonchev–Trinajstić information content (AvgIpc) is 1.80. The van der Waals surface area contributed by atoms with Crippen molar-refractivity contribution in [1.82, 2.24) is 4.90 Å². The summed E-state index contributed by atoms with van der Waals surface area (Å²) in [5.74, 6) is 0.680. The fourth-order valence-electron chi connectivity index (χ4n) is 0.525. The first-order chi connectivity index (χ1) is 4.87. The Kier molecular flexibility index (Phi) is 3.73. The van der Waals surface area contributed by atoms with E-state index in [4.69, 9.17) is 16.3 Å². The molecule has 0 N–H and O–H groups in total. The van der Waals surface area contributed by atoms with Gasteiger partial charge in [-0.1, -0.05) is 11.6 Å². The summed E-state index contributed by atoms with van der Waals surface area (Å²) in [5.41, 5.74) is 1.25. The Balaban J connectivity index is 4.12. The molecule has 0 heterocycles. The van der Waals surface area contributed by atoms with E-state index in [0.717, 1.165) is 0 Å². The van der Waals surface area contributed by atoms with Gasteiger partial charge in [0.05, 0.1) is 5.54 Å². The molecule has 11 heavy (non-hydrogen) atoms. The summed E-state index contributed by atoms with van der Waals surface area (Å²) < 4.78 is 5.50. The number of hydrogen-bond acceptors (Lipinski definition) is 2. The van der Waals surface area contributed by atoms with Crippen LogP contribution in [0.25, 0.3) is 0 Å². The van der Waals surface area contributed by atoms with Crippen molar-refractivity contribution >= 4 is 11.6 Å². The number of halogens is 1. The molecule has 0 aliphatic rings. The highest BCUT2D eigenvalue weighted by atomic mass is 35.5. The molecule has 66 valence electrons. The van der Waals surface area contributed by atoms with E-state index in [9.17, 15) is 0 Å². The van der Waals surface area contributed by atoms with E-state index < -0.39 is 0 Å². The predicted molar refractivity (Wildman–Crippen MR) is 48.5 cm³/mol. The van der Waals surface area contributed by atoms with Crippen molar-refractivity contribution in [3.05, 3.63) is 11.4 Å². The lowest BCUT2D eigenvalue weighted by molar-refractivity contribution is 0.0147. The molecule has 2 nitrogen and oxygen atoms in total. The summed E-state index contributed by atoms with van der Waals surface area (Å²) in [4.78, 5) is 1.83. The molecule has 0 spiro atoms. The largest absolute Gasteiger partial charge is 0.473 e.